The summed E-state index contributed by atoms with van der Waals surface area (Å²) in [5, 5.41) is 10.7. The monoisotopic (exact) mass is 446 g/mol. The van der Waals surface area contributed by atoms with E-state index in [4.69, 9.17) is 9.97 Å². The highest BCUT2D eigenvalue weighted by Crippen LogP contribution is 2.28. The summed E-state index contributed by atoms with van der Waals surface area (Å²) in [4.78, 5) is 23.8. The number of fused-ring (bicyclic) bond motifs is 1. The van der Waals surface area contributed by atoms with Crippen molar-refractivity contribution in [2.45, 2.75) is 44.7 Å². The van der Waals surface area contributed by atoms with E-state index in [0.29, 0.717) is 24.5 Å². The lowest BCUT2D eigenvalue weighted by Gasteiger charge is -2.29. The van der Waals surface area contributed by atoms with Crippen LogP contribution in [0, 0.1) is 5.92 Å². The number of nitrogens with zero attached hydrogens (tertiary/aromatic N) is 3. The number of aromatic nitrogens is 2. The van der Waals surface area contributed by atoms with E-state index in [0.717, 1.165) is 48.0 Å². The summed E-state index contributed by atoms with van der Waals surface area (Å²) in [5.41, 5.74) is 2.06. The van der Waals surface area contributed by atoms with Crippen molar-refractivity contribution >= 4 is 28.7 Å². The zero-order valence-electron chi connectivity index (χ0n) is 19.7. The number of nitrogens with one attached hydrogen (secondary N) is 3. The maximum atomic E-state index is 12.3. The number of hydrogen-bond donors (Lipinski definition) is 3. The number of benzene rings is 2. The Bertz CT molecular complexity index is 1060. The predicted octanol–water partition coefficient (Wildman–Crippen LogP) is 4.73. The molecule has 2 aromatic carbocycles. The molecule has 2 amide bonds. The van der Waals surface area contributed by atoms with E-state index in [2.05, 4.69) is 22.0 Å². The van der Waals surface area contributed by atoms with Gasteiger partial charge in [-0.3, -0.25) is 0 Å². The molecule has 1 saturated carbocycles. The standard InChI is InChI=1S/C26H34N6O/c1-18(20-9-5-4-6-10-20)28-26(33)27-17-19-13-15-21(16-14-19)29-25-30-23-12-8-7-11-22(23)24(31-25)32(2)3/h4-12,18-19,21H,13-17H2,1-3H3,(H2,27,28,33)(H,29,30,31)/t18?,19-,21+. The van der Waals surface area contributed by atoms with E-state index in [9.17, 15) is 4.79 Å². The van der Waals surface area contributed by atoms with Gasteiger partial charge in [0.05, 0.1) is 11.6 Å². The molecule has 3 aromatic rings. The van der Waals surface area contributed by atoms with Crippen LogP contribution in [-0.2, 0) is 0 Å². The fourth-order valence-corrected chi connectivity index (χ4v) is 4.47. The van der Waals surface area contributed by atoms with Crippen molar-refractivity contribution in [1.82, 2.24) is 20.6 Å². The third kappa shape index (κ3) is 5.92. The molecule has 0 spiro atoms. The second-order valence-corrected chi connectivity index (χ2v) is 9.13. The molecule has 1 aliphatic rings. The third-order valence-corrected chi connectivity index (χ3v) is 6.39. The first-order valence-electron chi connectivity index (χ1n) is 11.8. The Balaban J connectivity index is 1.25. The van der Waals surface area contributed by atoms with Crippen molar-refractivity contribution in [2.24, 2.45) is 5.92 Å². The largest absolute Gasteiger partial charge is 0.362 e. The SMILES string of the molecule is CC(NC(=O)NC[C@H]1CC[C@@H](Nc2nc(N(C)C)c3ccccc3n2)CC1)c1ccccc1. The van der Waals surface area contributed by atoms with Gasteiger partial charge in [-0.05, 0) is 56.2 Å². The van der Waals surface area contributed by atoms with Crippen LogP contribution in [0.5, 0.6) is 0 Å². The third-order valence-electron chi connectivity index (χ3n) is 6.39. The predicted molar refractivity (Wildman–Crippen MR) is 135 cm³/mol. The fourth-order valence-electron chi connectivity index (χ4n) is 4.47. The Morgan fingerprint density at radius 1 is 1.00 bits per heavy atom. The highest BCUT2D eigenvalue weighted by molar-refractivity contribution is 5.90. The summed E-state index contributed by atoms with van der Waals surface area (Å²) < 4.78 is 0. The van der Waals surface area contributed by atoms with Crippen LogP contribution in [0.2, 0.25) is 0 Å². The molecule has 0 radical (unpaired) electrons. The number of hydrogen-bond acceptors (Lipinski definition) is 5. The van der Waals surface area contributed by atoms with Crippen molar-refractivity contribution < 1.29 is 4.79 Å². The van der Waals surface area contributed by atoms with Crippen molar-refractivity contribution in [3.05, 3.63) is 60.2 Å². The molecule has 1 aliphatic carbocycles. The number of amides is 2. The smallest absolute Gasteiger partial charge is 0.315 e. The van der Waals surface area contributed by atoms with E-state index in [1.54, 1.807) is 0 Å². The fraction of sp³-hybridized carbons (Fsp3) is 0.423. The highest BCUT2D eigenvalue weighted by atomic mass is 16.2. The molecule has 1 atom stereocenters. The van der Waals surface area contributed by atoms with E-state index in [1.165, 1.54) is 0 Å². The van der Waals surface area contributed by atoms with Gasteiger partial charge >= 0.3 is 6.03 Å². The van der Waals surface area contributed by atoms with Gasteiger partial charge in [0.15, 0.2) is 0 Å². The molecular weight excluding hydrogens is 412 g/mol. The van der Waals surface area contributed by atoms with Crippen LogP contribution < -0.4 is 20.9 Å². The lowest BCUT2D eigenvalue weighted by atomic mass is 9.86. The number of carbonyl (C=O) groups excluding carboxylic acids is 1. The van der Waals surface area contributed by atoms with Gasteiger partial charge in [0, 0.05) is 32.1 Å². The molecule has 3 N–H and O–H groups in total. The van der Waals surface area contributed by atoms with Gasteiger partial charge in [-0.25, -0.2) is 9.78 Å². The zero-order chi connectivity index (χ0) is 23.2. The van der Waals surface area contributed by atoms with E-state index >= 15 is 0 Å². The molecule has 7 heteroatoms. The maximum absolute atomic E-state index is 12.3. The molecule has 7 nitrogen and oxygen atoms in total. The summed E-state index contributed by atoms with van der Waals surface area (Å²) in [6, 6.07) is 18.4. The molecule has 1 fully saturated rings. The number of rotatable bonds is 7. The van der Waals surface area contributed by atoms with Crippen LogP contribution >= 0.6 is 0 Å². The van der Waals surface area contributed by atoms with Gasteiger partial charge in [-0.15, -0.1) is 0 Å². The van der Waals surface area contributed by atoms with Crippen molar-refractivity contribution in [1.29, 1.82) is 0 Å². The van der Waals surface area contributed by atoms with Gasteiger partial charge in [0.1, 0.15) is 5.82 Å². The second-order valence-electron chi connectivity index (χ2n) is 9.13. The second kappa shape index (κ2) is 10.5. The van der Waals surface area contributed by atoms with Gasteiger partial charge in [0.25, 0.3) is 0 Å². The average molecular weight is 447 g/mol. The van der Waals surface area contributed by atoms with Crippen LogP contribution in [0.15, 0.2) is 54.6 Å². The van der Waals surface area contributed by atoms with E-state index in [-0.39, 0.29) is 12.1 Å². The first-order chi connectivity index (χ1) is 16.0. The summed E-state index contributed by atoms with van der Waals surface area (Å²) in [6.07, 6.45) is 4.23. The Kier molecular flexibility index (Phi) is 7.27. The first-order valence-corrected chi connectivity index (χ1v) is 11.8. The maximum Gasteiger partial charge on any atom is 0.315 e. The van der Waals surface area contributed by atoms with Crippen LogP contribution in [-0.4, -0.2) is 42.7 Å². The molecule has 1 aromatic heterocycles. The molecule has 0 aliphatic heterocycles. The van der Waals surface area contributed by atoms with Crippen LogP contribution in [0.25, 0.3) is 10.9 Å². The van der Waals surface area contributed by atoms with Gasteiger partial charge in [-0.2, -0.15) is 4.98 Å². The van der Waals surface area contributed by atoms with Crippen LogP contribution in [0.3, 0.4) is 0 Å². The minimum atomic E-state index is -0.104. The Hall–Kier alpha value is -3.35. The molecule has 1 unspecified atom stereocenters. The Morgan fingerprint density at radius 2 is 1.70 bits per heavy atom. The van der Waals surface area contributed by atoms with Crippen LogP contribution in [0.4, 0.5) is 16.6 Å². The van der Waals surface area contributed by atoms with Gasteiger partial charge in [-0.1, -0.05) is 42.5 Å². The summed E-state index contributed by atoms with van der Waals surface area (Å²) in [7, 11) is 4.01. The molecule has 1 heterocycles. The molecule has 0 bridgehead atoms. The Labute approximate surface area is 196 Å². The highest BCUT2D eigenvalue weighted by Gasteiger charge is 2.23. The quantitative estimate of drug-likeness (QED) is 0.489. The molecule has 174 valence electrons. The van der Waals surface area contributed by atoms with Gasteiger partial charge in [0.2, 0.25) is 5.95 Å². The lowest BCUT2D eigenvalue weighted by molar-refractivity contribution is 0.232. The summed E-state index contributed by atoms with van der Waals surface area (Å²) >= 11 is 0. The average Bonchev–Trinajstić information content (AvgIpc) is 2.83. The normalized spacial score (nSPS) is 19.0. The number of urea groups is 1. The number of anilines is 2. The van der Waals surface area contributed by atoms with Gasteiger partial charge < -0.3 is 20.9 Å². The molecule has 33 heavy (non-hydrogen) atoms. The molecular formula is C26H34N6O. The minimum Gasteiger partial charge on any atom is -0.362 e. The minimum absolute atomic E-state index is 0.0138. The van der Waals surface area contributed by atoms with E-state index < -0.39 is 0 Å². The molecule has 0 saturated heterocycles. The topological polar surface area (TPSA) is 82.2 Å². The first kappa shape index (κ1) is 22.8. The summed E-state index contributed by atoms with van der Waals surface area (Å²) in [5.74, 6) is 2.11. The summed E-state index contributed by atoms with van der Waals surface area (Å²) in [6.45, 7) is 2.71. The Morgan fingerprint density at radius 3 is 2.42 bits per heavy atom. The zero-order valence-corrected chi connectivity index (χ0v) is 19.7. The lowest BCUT2D eigenvalue weighted by Crippen LogP contribution is -2.40. The van der Waals surface area contributed by atoms with Crippen LogP contribution in [0.1, 0.15) is 44.2 Å². The van der Waals surface area contributed by atoms with Crippen molar-refractivity contribution in [3.63, 3.8) is 0 Å². The van der Waals surface area contributed by atoms with E-state index in [1.807, 2.05) is 74.4 Å². The number of carbonyl (C=O) groups is 1. The van der Waals surface area contributed by atoms with Crippen molar-refractivity contribution in [3.8, 4) is 0 Å². The van der Waals surface area contributed by atoms with Crippen molar-refractivity contribution in [2.75, 3.05) is 30.9 Å². The number of para-hydroxylation sites is 1. The molecule has 4 rings (SSSR count).